The maximum Gasteiger partial charge on any atom is 0.0571 e. The molecule has 1 nitrogen and oxygen atoms in total. The third-order valence-corrected chi connectivity index (χ3v) is 3.97. The fourth-order valence-electron chi connectivity index (χ4n) is 2.76. The van der Waals surface area contributed by atoms with E-state index in [2.05, 4.69) is 0 Å². The Hall–Kier alpha value is -0.0400. The Morgan fingerprint density at radius 2 is 1.43 bits per heavy atom. The van der Waals surface area contributed by atoms with Gasteiger partial charge in [0.2, 0.25) is 0 Å². The number of hydrogen-bond donors (Lipinski definition) is 1. The van der Waals surface area contributed by atoms with Gasteiger partial charge in [-0.1, -0.05) is 44.9 Å². The number of rotatable bonds is 3. The molecule has 1 heteroatoms. The zero-order valence-corrected chi connectivity index (χ0v) is 9.25. The van der Waals surface area contributed by atoms with Gasteiger partial charge in [-0.15, -0.1) is 0 Å². The molecule has 2 rings (SSSR count). The summed E-state index contributed by atoms with van der Waals surface area (Å²) in [6, 6.07) is 0. The number of aliphatic hydroxyl groups is 1. The van der Waals surface area contributed by atoms with Crippen molar-refractivity contribution in [2.75, 3.05) is 0 Å². The summed E-state index contributed by atoms with van der Waals surface area (Å²) < 4.78 is 0. The first kappa shape index (κ1) is 10.5. The van der Waals surface area contributed by atoms with Crippen LogP contribution in [-0.2, 0) is 0 Å². The molecule has 14 heavy (non-hydrogen) atoms. The second kappa shape index (κ2) is 5.16. The number of aliphatic hydroxyl groups excluding tert-OH is 1. The summed E-state index contributed by atoms with van der Waals surface area (Å²) in [5.74, 6) is 1.52. The highest BCUT2D eigenvalue weighted by atomic mass is 16.3. The minimum Gasteiger partial charge on any atom is -0.393 e. The lowest BCUT2D eigenvalue weighted by Crippen LogP contribution is -2.22. The van der Waals surface area contributed by atoms with Crippen molar-refractivity contribution in [3.05, 3.63) is 0 Å². The lowest BCUT2D eigenvalue weighted by atomic mass is 9.85. The topological polar surface area (TPSA) is 20.2 Å². The normalized spacial score (nSPS) is 28.1. The molecule has 0 aromatic heterocycles. The summed E-state index contributed by atoms with van der Waals surface area (Å²) in [6.07, 6.45) is 13.4. The first-order valence-corrected chi connectivity index (χ1v) is 6.54. The maximum absolute atomic E-state index is 10.1. The second-order valence-electron chi connectivity index (χ2n) is 5.35. The van der Waals surface area contributed by atoms with Crippen molar-refractivity contribution in [1.82, 2.24) is 0 Å². The highest BCUT2D eigenvalue weighted by Gasteiger charge is 2.28. The van der Waals surface area contributed by atoms with Crippen LogP contribution in [0.1, 0.15) is 64.2 Å². The monoisotopic (exact) mass is 196 g/mol. The van der Waals surface area contributed by atoms with E-state index in [0.717, 1.165) is 12.3 Å². The number of hydrogen-bond acceptors (Lipinski definition) is 1. The van der Waals surface area contributed by atoms with E-state index in [9.17, 15) is 5.11 Å². The average Bonchev–Trinajstić information content (AvgIpc) is 2.86. The SMILES string of the molecule is OC(CC1CC1)C1CCCCCCC1. The zero-order valence-electron chi connectivity index (χ0n) is 9.25. The predicted molar refractivity (Wildman–Crippen MR) is 59.2 cm³/mol. The fraction of sp³-hybridized carbons (Fsp3) is 1.00. The lowest BCUT2D eigenvalue weighted by Gasteiger charge is -2.24. The molecule has 1 atom stereocenters. The van der Waals surface area contributed by atoms with E-state index >= 15 is 0 Å². The molecule has 0 amide bonds. The van der Waals surface area contributed by atoms with E-state index in [1.165, 1.54) is 57.8 Å². The van der Waals surface area contributed by atoms with Crippen LogP contribution < -0.4 is 0 Å². The van der Waals surface area contributed by atoms with Crippen LogP contribution in [0.5, 0.6) is 0 Å². The molecule has 1 unspecified atom stereocenters. The molecule has 82 valence electrons. The predicted octanol–water partition coefficient (Wildman–Crippen LogP) is 3.51. The third-order valence-electron chi connectivity index (χ3n) is 3.97. The second-order valence-corrected chi connectivity index (χ2v) is 5.35. The molecule has 2 aliphatic carbocycles. The Labute approximate surface area is 87.9 Å². The Balaban J connectivity index is 1.73. The minimum absolute atomic E-state index is 0.0283. The highest BCUT2D eigenvalue weighted by Crippen LogP contribution is 2.37. The van der Waals surface area contributed by atoms with Gasteiger partial charge in [-0.25, -0.2) is 0 Å². The van der Waals surface area contributed by atoms with Crippen molar-refractivity contribution >= 4 is 0 Å². The van der Waals surface area contributed by atoms with Gasteiger partial charge < -0.3 is 5.11 Å². The highest BCUT2D eigenvalue weighted by molar-refractivity contribution is 4.80. The molecule has 0 bridgehead atoms. The summed E-state index contributed by atoms with van der Waals surface area (Å²) in [5.41, 5.74) is 0. The largest absolute Gasteiger partial charge is 0.393 e. The summed E-state index contributed by atoms with van der Waals surface area (Å²) >= 11 is 0. The molecule has 2 aliphatic rings. The van der Waals surface area contributed by atoms with Gasteiger partial charge in [0, 0.05) is 0 Å². The molecule has 1 N–H and O–H groups in total. The van der Waals surface area contributed by atoms with Crippen molar-refractivity contribution in [3.63, 3.8) is 0 Å². The van der Waals surface area contributed by atoms with Crippen molar-refractivity contribution in [2.24, 2.45) is 11.8 Å². The molecule has 0 aromatic carbocycles. The summed E-state index contributed by atoms with van der Waals surface area (Å²) in [7, 11) is 0. The standard InChI is InChI=1S/C13H24O/c14-13(10-11-8-9-11)12-6-4-2-1-3-5-7-12/h11-14H,1-10H2. The van der Waals surface area contributed by atoms with Gasteiger partial charge in [-0.2, -0.15) is 0 Å². The fourth-order valence-corrected chi connectivity index (χ4v) is 2.76. The van der Waals surface area contributed by atoms with Crippen molar-refractivity contribution < 1.29 is 5.11 Å². The van der Waals surface area contributed by atoms with Crippen LogP contribution in [0.4, 0.5) is 0 Å². The van der Waals surface area contributed by atoms with E-state index in [1.54, 1.807) is 0 Å². The van der Waals surface area contributed by atoms with E-state index in [1.807, 2.05) is 0 Å². The van der Waals surface area contributed by atoms with Gasteiger partial charge in [0.1, 0.15) is 0 Å². The van der Waals surface area contributed by atoms with Crippen molar-refractivity contribution in [2.45, 2.75) is 70.3 Å². The van der Waals surface area contributed by atoms with Crippen LogP contribution in [0, 0.1) is 11.8 Å². The van der Waals surface area contributed by atoms with Gasteiger partial charge in [0.25, 0.3) is 0 Å². The van der Waals surface area contributed by atoms with Gasteiger partial charge in [0.15, 0.2) is 0 Å². The third kappa shape index (κ3) is 3.27. The Morgan fingerprint density at radius 1 is 0.857 bits per heavy atom. The molecule has 2 saturated carbocycles. The zero-order chi connectivity index (χ0) is 9.80. The van der Waals surface area contributed by atoms with Crippen LogP contribution in [0.15, 0.2) is 0 Å². The maximum atomic E-state index is 10.1. The van der Waals surface area contributed by atoms with Gasteiger partial charge in [0.05, 0.1) is 6.10 Å². The Bertz CT molecular complexity index is 155. The lowest BCUT2D eigenvalue weighted by molar-refractivity contribution is 0.0782. The van der Waals surface area contributed by atoms with E-state index in [-0.39, 0.29) is 6.10 Å². The van der Waals surface area contributed by atoms with Crippen LogP contribution in [-0.4, -0.2) is 11.2 Å². The Kier molecular flexibility index (Phi) is 3.86. The molecule has 0 radical (unpaired) electrons. The first-order valence-electron chi connectivity index (χ1n) is 6.54. The average molecular weight is 196 g/mol. The first-order chi connectivity index (χ1) is 6.86. The summed E-state index contributed by atoms with van der Waals surface area (Å²) in [6.45, 7) is 0. The van der Waals surface area contributed by atoms with Gasteiger partial charge >= 0.3 is 0 Å². The van der Waals surface area contributed by atoms with E-state index < -0.39 is 0 Å². The minimum atomic E-state index is 0.0283. The molecular weight excluding hydrogens is 172 g/mol. The summed E-state index contributed by atoms with van der Waals surface area (Å²) in [5, 5.41) is 10.1. The molecule has 0 aliphatic heterocycles. The van der Waals surface area contributed by atoms with Gasteiger partial charge in [-0.05, 0) is 31.1 Å². The summed E-state index contributed by atoms with van der Waals surface area (Å²) in [4.78, 5) is 0. The van der Waals surface area contributed by atoms with Crippen LogP contribution in [0.3, 0.4) is 0 Å². The van der Waals surface area contributed by atoms with E-state index in [4.69, 9.17) is 0 Å². The van der Waals surface area contributed by atoms with Crippen molar-refractivity contribution in [3.8, 4) is 0 Å². The van der Waals surface area contributed by atoms with Crippen LogP contribution in [0.2, 0.25) is 0 Å². The van der Waals surface area contributed by atoms with Crippen LogP contribution >= 0.6 is 0 Å². The quantitative estimate of drug-likeness (QED) is 0.732. The molecule has 0 spiro atoms. The molecule has 0 aromatic rings. The van der Waals surface area contributed by atoms with Crippen molar-refractivity contribution in [1.29, 1.82) is 0 Å². The molecular formula is C13H24O. The molecule has 0 heterocycles. The molecule has 0 saturated heterocycles. The molecule has 2 fully saturated rings. The Morgan fingerprint density at radius 3 is 2.00 bits per heavy atom. The van der Waals surface area contributed by atoms with E-state index in [0.29, 0.717) is 5.92 Å². The van der Waals surface area contributed by atoms with Crippen LogP contribution in [0.25, 0.3) is 0 Å². The van der Waals surface area contributed by atoms with Gasteiger partial charge in [-0.3, -0.25) is 0 Å². The smallest absolute Gasteiger partial charge is 0.0571 e.